The first kappa shape index (κ1) is 18.6. The molecule has 1 fully saturated rings. The van der Waals surface area contributed by atoms with Crippen molar-refractivity contribution in [3.8, 4) is 5.75 Å². The Hall–Kier alpha value is -2.37. The number of aryl methyl sites for hydroxylation is 1. The predicted octanol–water partition coefficient (Wildman–Crippen LogP) is 2.72. The van der Waals surface area contributed by atoms with E-state index in [4.69, 9.17) is 4.74 Å². The molecule has 5 nitrogen and oxygen atoms in total. The molecule has 5 rings (SSSR count). The molecule has 3 aliphatic heterocycles. The molecule has 1 amide bonds. The zero-order valence-electron chi connectivity index (χ0n) is 17.0. The summed E-state index contributed by atoms with van der Waals surface area (Å²) in [6, 6.07) is 14.9. The van der Waals surface area contributed by atoms with Crippen molar-refractivity contribution in [2.75, 3.05) is 50.8 Å². The van der Waals surface area contributed by atoms with Crippen molar-refractivity contribution in [1.29, 1.82) is 0 Å². The fourth-order valence-electron chi connectivity index (χ4n) is 4.77. The molecule has 5 heteroatoms. The van der Waals surface area contributed by atoms with Gasteiger partial charge in [-0.25, -0.2) is 0 Å². The van der Waals surface area contributed by atoms with Gasteiger partial charge in [0.2, 0.25) is 5.91 Å². The summed E-state index contributed by atoms with van der Waals surface area (Å²) >= 11 is 0. The monoisotopic (exact) mass is 391 g/mol. The third-order valence-electron chi connectivity index (χ3n) is 6.40. The highest BCUT2D eigenvalue weighted by atomic mass is 16.5. The maximum Gasteiger partial charge on any atom is 0.241 e. The van der Waals surface area contributed by atoms with Crippen LogP contribution in [0.4, 0.5) is 5.69 Å². The van der Waals surface area contributed by atoms with Crippen LogP contribution in [-0.4, -0.2) is 61.6 Å². The summed E-state index contributed by atoms with van der Waals surface area (Å²) in [6.45, 7) is 7.09. The maximum absolute atomic E-state index is 13.0. The van der Waals surface area contributed by atoms with E-state index in [2.05, 4.69) is 46.2 Å². The van der Waals surface area contributed by atoms with Gasteiger partial charge in [0.15, 0.2) is 0 Å². The Kier molecular flexibility index (Phi) is 5.25. The molecule has 0 aliphatic carbocycles. The van der Waals surface area contributed by atoms with Gasteiger partial charge in [-0.3, -0.25) is 14.6 Å². The summed E-state index contributed by atoms with van der Waals surface area (Å²) in [5, 5.41) is 0. The number of rotatable bonds is 4. The van der Waals surface area contributed by atoms with Crippen LogP contribution in [0.3, 0.4) is 0 Å². The zero-order chi connectivity index (χ0) is 19.6. The second-order valence-electron chi connectivity index (χ2n) is 8.37. The molecular formula is C24H29N3O2. The van der Waals surface area contributed by atoms with Gasteiger partial charge in [0.1, 0.15) is 5.75 Å². The Morgan fingerprint density at radius 2 is 1.72 bits per heavy atom. The van der Waals surface area contributed by atoms with Gasteiger partial charge in [0.05, 0.1) is 13.2 Å². The molecule has 1 saturated heterocycles. The molecule has 2 aromatic rings. The number of piperazine rings is 1. The molecule has 0 spiro atoms. The lowest BCUT2D eigenvalue weighted by Gasteiger charge is -2.36. The van der Waals surface area contributed by atoms with Crippen molar-refractivity contribution < 1.29 is 9.53 Å². The summed E-state index contributed by atoms with van der Waals surface area (Å²) in [7, 11) is 0. The van der Waals surface area contributed by atoms with E-state index in [1.807, 2.05) is 11.0 Å². The normalized spacial score (nSPS) is 19.5. The van der Waals surface area contributed by atoms with Crippen molar-refractivity contribution in [3.05, 3.63) is 59.2 Å². The summed E-state index contributed by atoms with van der Waals surface area (Å²) in [4.78, 5) is 19.8. The van der Waals surface area contributed by atoms with E-state index in [-0.39, 0.29) is 5.91 Å². The van der Waals surface area contributed by atoms with Gasteiger partial charge in [0.25, 0.3) is 0 Å². The molecule has 0 N–H and O–H groups in total. The summed E-state index contributed by atoms with van der Waals surface area (Å²) in [5.74, 6) is 1.29. The van der Waals surface area contributed by atoms with Crippen molar-refractivity contribution in [3.63, 3.8) is 0 Å². The second-order valence-corrected chi connectivity index (χ2v) is 8.37. The number of nitrogens with zero attached hydrogens (tertiary/aromatic N) is 3. The van der Waals surface area contributed by atoms with Crippen LogP contribution in [0.2, 0.25) is 0 Å². The number of amides is 1. The first-order chi connectivity index (χ1) is 14.3. The third kappa shape index (κ3) is 4.02. The van der Waals surface area contributed by atoms with Gasteiger partial charge in [-0.05, 0) is 41.7 Å². The Balaban J connectivity index is 1.14. The Bertz CT molecular complexity index is 889. The molecule has 0 aromatic heterocycles. The molecule has 0 radical (unpaired) electrons. The third-order valence-corrected chi connectivity index (χ3v) is 6.40. The maximum atomic E-state index is 13.0. The molecule has 2 aromatic carbocycles. The highest BCUT2D eigenvalue weighted by molar-refractivity contribution is 5.95. The lowest BCUT2D eigenvalue weighted by Crippen LogP contribution is -2.50. The number of hydrogen-bond donors (Lipinski definition) is 0. The number of hydrogen-bond acceptors (Lipinski definition) is 4. The van der Waals surface area contributed by atoms with Gasteiger partial charge in [-0.15, -0.1) is 0 Å². The summed E-state index contributed by atoms with van der Waals surface area (Å²) in [6.07, 6.45) is 3.16. The molecule has 152 valence electrons. The van der Waals surface area contributed by atoms with E-state index in [0.717, 1.165) is 76.6 Å². The average molecular weight is 392 g/mol. The predicted molar refractivity (Wildman–Crippen MR) is 114 cm³/mol. The minimum atomic E-state index is 0.240. The molecule has 0 bridgehead atoms. The Morgan fingerprint density at radius 1 is 0.897 bits per heavy atom. The number of benzene rings is 2. The van der Waals surface area contributed by atoms with E-state index in [0.29, 0.717) is 6.54 Å². The van der Waals surface area contributed by atoms with Gasteiger partial charge < -0.3 is 9.64 Å². The van der Waals surface area contributed by atoms with E-state index in [1.165, 1.54) is 16.7 Å². The summed E-state index contributed by atoms with van der Waals surface area (Å²) in [5.41, 5.74) is 5.12. The Labute approximate surface area is 172 Å². The number of ether oxygens (including phenoxy) is 1. The molecule has 0 unspecified atom stereocenters. The Morgan fingerprint density at radius 3 is 2.62 bits per heavy atom. The fourth-order valence-corrected chi connectivity index (χ4v) is 4.77. The molecular weight excluding hydrogens is 362 g/mol. The zero-order valence-corrected chi connectivity index (χ0v) is 17.0. The summed E-state index contributed by atoms with van der Waals surface area (Å²) < 4.78 is 5.61. The van der Waals surface area contributed by atoms with E-state index in [9.17, 15) is 4.79 Å². The van der Waals surface area contributed by atoms with E-state index >= 15 is 0 Å². The molecule has 0 atom stereocenters. The molecule has 0 saturated carbocycles. The number of fused-ring (bicyclic) bond motifs is 2. The molecule has 3 heterocycles. The van der Waals surface area contributed by atoms with Crippen LogP contribution >= 0.6 is 0 Å². The van der Waals surface area contributed by atoms with Gasteiger partial charge in [0, 0.05) is 51.4 Å². The van der Waals surface area contributed by atoms with Crippen LogP contribution < -0.4 is 9.64 Å². The van der Waals surface area contributed by atoms with Gasteiger partial charge in [-0.1, -0.05) is 30.3 Å². The van der Waals surface area contributed by atoms with Crippen LogP contribution in [0.15, 0.2) is 42.5 Å². The SMILES string of the molecule is O=C(CN1CCN(Cc2ccc3c(c2)CCO3)CC1)N1CCCc2ccccc21. The van der Waals surface area contributed by atoms with E-state index in [1.54, 1.807) is 0 Å². The quantitative estimate of drug-likeness (QED) is 0.803. The highest BCUT2D eigenvalue weighted by Crippen LogP contribution is 2.28. The number of para-hydroxylation sites is 1. The lowest BCUT2D eigenvalue weighted by molar-refractivity contribution is -0.120. The first-order valence-corrected chi connectivity index (χ1v) is 10.8. The number of carbonyl (C=O) groups excluding carboxylic acids is 1. The minimum Gasteiger partial charge on any atom is -0.493 e. The van der Waals surface area contributed by atoms with Gasteiger partial charge >= 0.3 is 0 Å². The number of carbonyl (C=O) groups is 1. The van der Waals surface area contributed by atoms with Crippen LogP contribution in [0.1, 0.15) is 23.1 Å². The van der Waals surface area contributed by atoms with Crippen molar-refractivity contribution in [2.24, 2.45) is 0 Å². The fraction of sp³-hybridized carbons (Fsp3) is 0.458. The topological polar surface area (TPSA) is 36.0 Å². The van der Waals surface area contributed by atoms with Crippen molar-refractivity contribution in [2.45, 2.75) is 25.8 Å². The molecule has 29 heavy (non-hydrogen) atoms. The van der Waals surface area contributed by atoms with Crippen molar-refractivity contribution in [1.82, 2.24) is 9.80 Å². The number of anilines is 1. The van der Waals surface area contributed by atoms with Gasteiger partial charge in [-0.2, -0.15) is 0 Å². The minimum absolute atomic E-state index is 0.240. The highest BCUT2D eigenvalue weighted by Gasteiger charge is 2.25. The smallest absolute Gasteiger partial charge is 0.241 e. The van der Waals surface area contributed by atoms with Crippen LogP contribution in [-0.2, 0) is 24.2 Å². The lowest BCUT2D eigenvalue weighted by atomic mass is 10.0. The molecule has 3 aliphatic rings. The largest absolute Gasteiger partial charge is 0.493 e. The van der Waals surface area contributed by atoms with Crippen LogP contribution in [0.5, 0.6) is 5.75 Å². The van der Waals surface area contributed by atoms with E-state index < -0.39 is 0 Å². The second kappa shape index (κ2) is 8.17. The first-order valence-electron chi connectivity index (χ1n) is 10.8. The standard InChI is InChI=1S/C24H29N3O2/c28-24(27-10-3-5-20-4-1-2-6-22(20)27)18-26-13-11-25(12-14-26)17-19-7-8-23-21(16-19)9-15-29-23/h1-2,4,6-8,16H,3,5,9-15,17-18H2. The van der Waals surface area contributed by atoms with Crippen LogP contribution in [0.25, 0.3) is 0 Å². The van der Waals surface area contributed by atoms with Crippen LogP contribution in [0, 0.1) is 0 Å². The van der Waals surface area contributed by atoms with Crippen molar-refractivity contribution >= 4 is 11.6 Å². The average Bonchev–Trinajstić information content (AvgIpc) is 3.22.